The van der Waals surface area contributed by atoms with Gasteiger partial charge < -0.3 is 19.3 Å². The third-order valence-corrected chi connectivity index (χ3v) is 4.61. The maximum absolute atomic E-state index is 12.2. The quantitative estimate of drug-likeness (QED) is 0.821. The fourth-order valence-electron chi connectivity index (χ4n) is 3.02. The minimum absolute atomic E-state index is 0.111. The van der Waals surface area contributed by atoms with E-state index in [0.717, 1.165) is 25.0 Å². The number of anilines is 1. The fraction of sp³-hybridized carbons (Fsp3) is 0.389. The molecule has 1 aliphatic rings. The molecule has 0 saturated carbocycles. The van der Waals surface area contributed by atoms with E-state index in [1.165, 1.54) is 10.6 Å². The molecule has 0 atom stereocenters. The molecule has 0 radical (unpaired) electrons. The second kappa shape index (κ2) is 7.78. The van der Waals surface area contributed by atoms with Gasteiger partial charge in [0, 0.05) is 43.9 Å². The zero-order valence-electron chi connectivity index (χ0n) is 14.4. The molecule has 1 aliphatic heterocycles. The van der Waals surface area contributed by atoms with Crippen molar-refractivity contribution in [1.82, 2.24) is 9.55 Å². The molecule has 1 saturated heterocycles. The zero-order valence-corrected chi connectivity index (χ0v) is 15.1. The molecule has 1 N–H and O–H groups in total. The van der Waals surface area contributed by atoms with Crippen LogP contribution in [0.3, 0.4) is 0 Å². The molecule has 3 heterocycles. The van der Waals surface area contributed by atoms with Crippen LogP contribution < -0.4 is 10.5 Å². The van der Waals surface area contributed by atoms with Crippen molar-refractivity contribution in [3.63, 3.8) is 0 Å². The summed E-state index contributed by atoms with van der Waals surface area (Å²) in [5.41, 5.74) is 0.0821. The summed E-state index contributed by atoms with van der Waals surface area (Å²) in [6.07, 6.45) is 2.82. The molecule has 0 aliphatic carbocycles. The van der Waals surface area contributed by atoms with E-state index in [2.05, 4.69) is 9.88 Å². The van der Waals surface area contributed by atoms with Crippen LogP contribution in [-0.4, -0.2) is 39.8 Å². The van der Waals surface area contributed by atoms with Crippen molar-refractivity contribution < 1.29 is 14.6 Å². The molecule has 2 aromatic rings. The number of carbonyl (C=O) groups is 1. The molecule has 7 nitrogen and oxygen atoms in total. The largest absolute Gasteiger partial charge is 0.508 e. The van der Waals surface area contributed by atoms with Gasteiger partial charge in [-0.25, -0.2) is 4.98 Å². The normalized spacial score (nSPS) is 15.1. The minimum atomic E-state index is -0.455. The van der Waals surface area contributed by atoms with Gasteiger partial charge in [0.2, 0.25) is 0 Å². The first-order valence-corrected chi connectivity index (χ1v) is 8.76. The number of piperidine rings is 1. The molecule has 1 fully saturated rings. The maximum atomic E-state index is 12.2. The van der Waals surface area contributed by atoms with Crippen LogP contribution in [0.4, 0.5) is 5.82 Å². The van der Waals surface area contributed by atoms with Crippen molar-refractivity contribution in [2.45, 2.75) is 32.4 Å². The SMILES string of the molecule is Cc1cc(O)cc(=O)n1CC(=O)OC1CCN(c2ccc(Cl)cn2)CC1. The Morgan fingerprint density at radius 3 is 2.69 bits per heavy atom. The summed E-state index contributed by atoms with van der Waals surface area (Å²) in [6, 6.07) is 6.19. The highest BCUT2D eigenvalue weighted by Crippen LogP contribution is 2.21. The molecule has 0 spiro atoms. The average molecular weight is 378 g/mol. The molecular weight excluding hydrogens is 358 g/mol. The van der Waals surface area contributed by atoms with Crippen molar-refractivity contribution >= 4 is 23.4 Å². The topological polar surface area (TPSA) is 84.7 Å². The van der Waals surface area contributed by atoms with Crippen molar-refractivity contribution in [3.8, 4) is 5.75 Å². The zero-order chi connectivity index (χ0) is 18.7. The summed E-state index contributed by atoms with van der Waals surface area (Å²) < 4.78 is 6.80. The van der Waals surface area contributed by atoms with E-state index in [9.17, 15) is 14.7 Å². The average Bonchev–Trinajstić information content (AvgIpc) is 2.59. The van der Waals surface area contributed by atoms with E-state index in [4.69, 9.17) is 16.3 Å². The lowest BCUT2D eigenvalue weighted by molar-refractivity contribution is -0.150. The van der Waals surface area contributed by atoms with Gasteiger partial charge in [-0.05, 0) is 25.1 Å². The highest BCUT2D eigenvalue weighted by Gasteiger charge is 2.23. The predicted octanol–water partition coefficient (Wildman–Crippen LogP) is 2.12. The van der Waals surface area contributed by atoms with Crippen molar-refractivity contribution in [2.24, 2.45) is 0 Å². The number of nitrogens with zero attached hydrogens (tertiary/aromatic N) is 3. The van der Waals surface area contributed by atoms with Gasteiger partial charge in [0.15, 0.2) is 0 Å². The van der Waals surface area contributed by atoms with Crippen LogP contribution >= 0.6 is 11.6 Å². The van der Waals surface area contributed by atoms with Gasteiger partial charge in [0.25, 0.3) is 5.56 Å². The lowest BCUT2D eigenvalue weighted by atomic mass is 10.1. The van der Waals surface area contributed by atoms with Gasteiger partial charge in [0.05, 0.1) is 5.02 Å². The standard InChI is InChI=1S/C18H20ClN3O4/c1-12-8-14(23)9-17(24)22(12)11-18(25)26-15-4-6-21(7-5-15)16-3-2-13(19)10-20-16/h2-3,8-10,15,23H,4-7,11H2,1H3. The van der Waals surface area contributed by atoms with E-state index in [0.29, 0.717) is 23.6 Å². The Bertz CT molecular complexity index is 843. The number of hydrogen-bond donors (Lipinski definition) is 1. The smallest absolute Gasteiger partial charge is 0.326 e. The summed E-state index contributed by atoms with van der Waals surface area (Å²) in [5, 5.41) is 10.00. The first-order valence-electron chi connectivity index (χ1n) is 8.39. The first-order chi connectivity index (χ1) is 12.4. The van der Waals surface area contributed by atoms with E-state index < -0.39 is 11.5 Å². The maximum Gasteiger partial charge on any atom is 0.326 e. The minimum Gasteiger partial charge on any atom is -0.508 e. The number of halogens is 1. The van der Waals surface area contributed by atoms with E-state index in [1.807, 2.05) is 6.07 Å². The molecule has 3 rings (SSSR count). The predicted molar refractivity (Wildman–Crippen MR) is 97.7 cm³/mol. The van der Waals surface area contributed by atoms with Crippen LogP contribution in [0, 0.1) is 6.92 Å². The number of aryl methyl sites for hydroxylation is 1. The molecule has 0 aromatic carbocycles. The van der Waals surface area contributed by atoms with Gasteiger partial charge in [-0.2, -0.15) is 0 Å². The highest BCUT2D eigenvalue weighted by molar-refractivity contribution is 6.30. The van der Waals surface area contributed by atoms with E-state index >= 15 is 0 Å². The third kappa shape index (κ3) is 4.35. The van der Waals surface area contributed by atoms with Crippen LogP contribution in [0.5, 0.6) is 5.75 Å². The Labute approximate surface area is 155 Å². The molecule has 0 unspecified atom stereocenters. The monoisotopic (exact) mass is 377 g/mol. The summed E-state index contributed by atoms with van der Waals surface area (Å²) in [7, 11) is 0. The number of rotatable bonds is 4. The first kappa shape index (κ1) is 18.3. The van der Waals surface area contributed by atoms with Gasteiger partial charge in [-0.1, -0.05) is 11.6 Å². The summed E-state index contributed by atoms with van der Waals surface area (Å²) in [4.78, 5) is 30.5. The second-order valence-corrected chi connectivity index (χ2v) is 6.73. The molecule has 8 heteroatoms. The Kier molecular flexibility index (Phi) is 5.46. The van der Waals surface area contributed by atoms with Crippen LogP contribution in [0.15, 0.2) is 35.3 Å². The number of carbonyl (C=O) groups excluding carboxylic acids is 1. The Hall–Kier alpha value is -2.54. The molecule has 26 heavy (non-hydrogen) atoms. The summed E-state index contributed by atoms with van der Waals surface area (Å²) in [5.74, 6) is 0.287. The Balaban J connectivity index is 1.54. The van der Waals surface area contributed by atoms with Crippen LogP contribution in [-0.2, 0) is 16.1 Å². The molecular formula is C18H20ClN3O4. The van der Waals surface area contributed by atoms with Crippen molar-refractivity contribution in [2.75, 3.05) is 18.0 Å². The number of ether oxygens (including phenoxy) is 1. The number of aromatic nitrogens is 2. The van der Waals surface area contributed by atoms with Crippen molar-refractivity contribution in [1.29, 1.82) is 0 Å². The Morgan fingerprint density at radius 1 is 1.35 bits per heavy atom. The number of pyridine rings is 2. The third-order valence-electron chi connectivity index (χ3n) is 4.38. The van der Waals surface area contributed by atoms with E-state index in [-0.39, 0.29) is 18.4 Å². The fourth-order valence-corrected chi connectivity index (χ4v) is 3.14. The number of hydrogen-bond acceptors (Lipinski definition) is 6. The summed E-state index contributed by atoms with van der Waals surface area (Å²) in [6.45, 7) is 2.95. The van der Waals surface area contributed by atoms with Gasteiger partial charge in [-0.3, -0.25) is 9.59 Å². The molecule has 0 amide bonds. The molecule has 138 valence electrons. The highest BCUT2D eigenvalue weighted by atomic mass is 35.5. The van der Waals surface area contributed by atoms with Crippen molar-refractivity contribution in [3.05, 3.63) is 51.5 Å². The van der Waals surface area contributed by atoms with E-state index in [1.54, 1.807) is 19.2 Å². The van der Waals surface area contributed by atoms with Crippen LogP contribution in [0.1, 0.15) is 18.5 Å². The number of esters is 1. The van der Waals surface area contributed by atoms with Gasteiger partial charge in [0.1, 0.15) is 24.2 Å². The molecule has 2 aromatic heterocycles. The lowest BCUT2D eigenvalue weighted by Crippen LogP contribution is -2.39. The van der Waals surface area contributed by atoms with Crippen LogP contribution in [0.25, 0.3) is 0 Å². The Morgan fingerprint density at radius 2 is 2.08 bits per heavy atom. The van der Waals surface area contributed by atoms with Gasteiger partial charge in [-0.15, -0.1) is 0 Å². The van der Waals surface area contributed by atoms with Crippen LogP contribution in [0.2, 0.25) is 5.02 Å². The second-order valence-electron chi connectivity index (χ2n) is 6.29. The van der Waals surface area contributed by atoms with Gasteiger partial charge >= 0.3 is 5.97 Å². The lowest BCUT2D eigenvalue weighted by Gasteiger charge is -2.32. The molecule has 0 bridgehead atoms. The summed E-state index contributed by atoms with van der Waals surface area (Å²) >= 11 is 5.85. The number of aromatic hydroxyl groups is 1.